The van der Waals surface area contributed by atoms with Gasteiger partial charge in [-0.2, -0.15) is 0 Å². The fourth-order valence-electron chi connectivity index (χ4n) is 0.716. The number of alkyl halides is 1. The van der Waals surface area contributed by atoms with E-state index in [9.17, 15) is 4.39 Å². The Morgan fingerprint density at radius 3 is 2.71 bits per heavy atom. The van der Waals surface area contributed by atoms with Gasteiger partial charge in [-0.05, 0) is 24.2 Å². The molecule has 0 amide bonds. The standard InChI is InChI=1S/C10H17FO2S/c1-9(8-10(2)14-3)13-7-6-12-5-4-11/h8H,1,4-7H2,2-3H3/b10-8+. The number of hydrogen-bond donors (Lipinski definition) is 0. The van der Waals surface area contributed by atoms with Crippen LogP contribution in [0, 0.1) is 0 Å². The van der Waals surface area contributed by atoms with E-state index < -0.39 is 6.67 Å². The lowest BCUT2D eigenvalue weighted by Crippen LogP contribution is -2.05. The lowest BCUT2D eigenvalue weighted by Gasteiger charge is -2.06. The SMILES string of the molecule is C=C(/C=C(\C)SC)OCCOCCF. The third-order valence-electron chi connectivity index (χ3n) is 1.42. The second kappa shape index (κ2) is 9.09. The fraction of sp³-hybridized carbons (Fsp3) is 0.600. The fourth-order valence-corrected chi connectivity index (χ4v) is 0.965. The molecule has 0 aliphatic carbocycles. The molecule has 0 aromatic carbocycles. The molecular weight excluding hydrogens is 203 g/mol. The van der Waals surface area contributed by atoms with Crippen LogP contribution in [0.25, 0.3) is 0 Å². The molecule has 0 spiro atoms. The quantitative estimate of drug-likeness (QED) is 0.356. The summed E-state index contributed by atoms with van der Waals surface area (Å²) >= 11 is 1.64. The molecule has 0 aromatic rings. The molecule has 2 nitrogen and oxygen atoms in total. The van der Waals surface area contributed by atoms with Gasteiger partial charge in [0, 0.05) is 0 Å². The van der Waals surface area contributed by atoms with Crippen LogP contribution in [-0.4, -0.2) is 32.8 Å². The second-order valence-electron chi connectivity index (χ2n) is 2.58. The van der Waals surface area contributed by atoms with Crippen molar-refractivity contribution in [1.82, 2.24) is 0 Å². The van der Waals surface area contributed by atoms with Crippen molar-refractivity contribution in [2.24, 2.45) is 0 Å². The van der Waals surface area contributed by atoms with E-state index in [1.807, 2.05) is 19.3 Å². The van der Waals surface area contributed by atoms with Crippen LogP contribution in [-0.2, 0) is 9.47 Å². The minimum Gasteiger partial charge on any atom is -0.492 e. The first-order chi connectivity index (χ1) is 6.70. The molecule has 0 radical (unpaired) electrons. The Morgan fingerprint density at radius 1 is 1.43 bits per heavy atom. The van der Waals surface area contributed by atoms with Crippen molar-refractivity contribution in [2.75, 3.05) is 32.8 Å². The summed E-state index contributed by atoms with van der Waals surface area (Å²) in [4.78, 5) is 1.14. The van der Waals surface area contributed by atoms with Crippen molar-refractivity contribution in [3.8, 4) is 0 Å². The first-order valence-electron chi connectivity index (χ1n) is 4.38. The molecule has 0 aliphatic rings. The zero-order valence-corrected chi connectivity index (χ0v) is 9.53. The van der Waals surface area contributed by atoms with Gasteiger partial charge in [0.15, 0.2) is 0 Å². The lowest BCUT2D eigenvalue weighted by molar-refractivity contribution is 0.0712. The Morgan fingerprint density at radius 2 is 2.14 bits per heavy atom. The molecule has 0 saturated heterocycles. The first-order valence-corrected chi connectivity index (χ1v) is 5.61. The summed E-state index contributed by atoms with van der Waals surface area (Å²) in [5.74, 6) is 0.612. The minimum atomic E-state index is -0.452. The van der Waals surface area contributed by atoms with E-state index in [0.29, 0.717) is 19.0 Å². The van der Waals surface area contributed by atoms with Gasteiger partial charge in [0.25, 0.3) is 0 Å². The molecule has 0 rings (SSSR count). The van der Waals surface area contributed by atoms with Crippen molar-refractivity contribution in [2.45, 2.75) is 6.92 Å². The van der Waals surface area contributed by atoms with E-state index in [2.05, 4.69) is 6.58 Å². The maximum Gasteiger partial charge on any atom is 0.113 e. The third-order valence-corrected chi connectivity index (χ3v) is 2.18. The number of rotatable bonds is 8. The zero-order chi connectivity index (χ0) is 10.8. The second-order valence-corrected chi connectivity index (χ2v) is 3.63. The number of allylic oxidation sites excluding steroid dienone is 2. The van der Waals surface area contributed by atoms with Gasteiger partial charge in [-0.1, -0.05) is 6.58 Å². The molecule has 0 aliphatic heterocycles. The lowest BCUT2D eigenvalue weighted by atomic mass is 10.4. The molecule has 0 heterocycles. The Balaban J connectivity index is 3.45. The Bertz CT molecular complexity index is 193. The number of ether oxygens (including phenoxy) is 2. The van der Waals surface area contributed by atoms with Gasteiger partial charge in [0.05, 0.1) is 13.2 Å². The summed E-state index contributed by atoms with van der Waals surface area (Å²) in [6.07, 6.45) is 3.85. The van der Waals surface area contributed by atoms with E-state index >= 15 is 0 Å². The number of halogens is 1. The van der Waals surface area contributed by atoms with Gasteiger partial charge in [0.2, 0.25) is 0 Å². The first kappa shape index (κ1) is 13.5. The van der Waals surface area contributed by atoms with E-state index in [4.69, 9.17) is 9.47 Å². The molecule has 0 aromatic heterocycles. The van der Waals surface area contributed by atoms with Gasteiger partial charge < -0.3 is 9.47 Å². The highest BCUT2D eigenvalue weighted by atomic mass is 32.2. The van der Waals surface area contributed by atoms with E-state index in [1.165, 1.54) is 0 Å². The Labute approximate surface area is 89.2 Å². The monoisotopic (exact) mass is 220 g/mol. The molecule has 82 valence electrons. The highest BCUT2D eigenvalue weighted by molar-refractivity contribution is 8.02. The minimum absolute atomic E-state index is 0.134. The van der Waals surface area contributed by atoms with E-state index in [0.717, 1.165) is 4.91 Å². The molecule has 0 fully saturated rings. The summed E-state index contributed by atoms with van der Waals surface area (Å²) < 4.78 is 21.7. The maximum atomic E-state index is 11.6. The summed E-state index contributed by atoms with van der Waals surface area (Å²) in [6, 6.07) is 0. The summed E-state index contributed by atoms with van der Waals surface area (Å²) in [5.41, 5.74) is 0. The molecule has 14 heavy (non-hydrogen) atoms. The largest absolute Gasteiger partial charge is 0.492 e. The summed E-state index contributed by atoms with van der Waals surface area (Å²) in [5, 5.41) is 0. The molecular formula is C10H17FO2S. The average molecular weight is 220 g/mol. The predicted octanol–water partition coefficient (Wildman–Crippen LogP) is 2.77. The van der Waals surface area contributed by atoms with Gasteiger partial charge in [-0.15, -0.1) is 11.8 Å². The van der Waals surface area contributed by atoms with Gasteiger partial charge in [0.1, 0.15) is 19.0 Å². The zero-order valence-electron chi connectivity index (χ0n) is 8.72. The van der Waals surface area contributed by atoms with Gasteiger partial charge >= 0.3 is 0 Å². The molecule has 0 unspecified atom stereocenters. The van der Waals surface area contributed by atoms with Crippen LogP contribution in [0.4, 0.5) is 4.39 Å². The normalized spacial score (nSPS) is 11.5. The molecule has 0 atom stereocenters. The van der Waals surface area contributed by atoms with Crippen LogP contribution in [0.5, 0.6) is 0 Å². The van der Waals surface area contributed by atoms with Crippen molar-refractivity contribution in [3.05, 3.63) is 23.3 Å². The third kappa shape index (κ3) is 8.13. The maximum absolute atomic E-state index is 11.6. The average Bonchev–Trinajstić information content (AvgIpc) is 2.17. The number of thioether (sulfide) groups is 1. The van der Waals surface area contributed by atoms with Gasteiger partial charge in [-0.25, -0.2) is 4.39 Å². The molecule has 0 bridgehead atoms. The van der Waals surface area contributed by atoms with E-state index in [-0.39, 0.29) is 6.61 Å². The highest BCUT2D eigenvalue weighted by Gasteiger charge is 1.93. The van der Waals surface area contributed by atoms with Crippen molar-refractivity contribution >= 4 is 11.8 Å². The van der Waals surface area contributed by atoms with Crippen LogP contribution in [0.15, 0.2) is 23.3 Å². The highest BCUT2D eigenvalue weighted by Crippen LogP contribution is 2.12. The Kier molecular flexibility index (Phi) is 8.78. The van der Waals surface area contributed by atoms with Gasteiger partial charge in [-0.3, -0.25) is 0 Å². The molecule has 0 saturated carbocycles. The Hall–Kier alpha value is -0.480. The summed E-state index contributed by atoms with van der Waals surface area (Å²) in [6.45, 7) is 6.20. The van der Waals surface area contributed by atoms with Crippen LogP contribution < -0.4 is 0 Å². The topological polar surface area (TPSA) is 18.5 Å². The predicted molar refractivity (Wildman–Crippen MR) is 59.2 cm³/mol. The van der Waals surface area contributed by atoms with E-state index in [1.54, 1.807) is 11.8 Å². The summed E-state index contributed by atoms with van der Waals surface area (Å²) in [7, 11) is 0. The molecule has 4 heteroatoms. The smallest absolute Gasteiger partial charge is 0.113 e. The van der Waals surface area contributed by atoms with Crippen LogP contribution in [0.3, 0.4) is 0 Å². The molecule has 0 N–H and O–H groups in total. The van der Waals surface area contributed by atoms with Crippen molar-refractivity contribution in [1.29, 1.82) is 0 Å². The van der Waals surface area contributed by atoms with Crippen LogP contribution in [0.1, 0.15) is 6.92 Å². The van der Waals surface area contributed by atoms with Crippen LogP contribution >= 0.6 is 11.8 Å². The van der Waals surface area contributed by atoms with Crippen molar-refractivity contribution in [3.63, 3.8) is 0 Å². The van der Waals surface area contributed by atoms with Crippen molar-refractivity contribution < 1.29 is 13.9 Å². The van der Waals surface area contributed by atoms with Crippen LogP contribution in [0.2, 0.25) is 0 Å². The number of hydrogen-bond acceptors (Lipinski definition) is 3.